The van der Waals surface area contributed by atoms with E-state index in [1.54, 1.807) is 11.3 Å². The van der Waals surface area contributed by atoms with Crippen molar-refractivity contribution in [3.8, 4) is 10.6 Å². The minimum absolute atomic E-state index is 0.577. The third-order valence-corrected chi connectivity index (χ3v) is 4.73. The van der Waals surface area contributed by atoms with E-state index in [1.807, 2.05) is 0 Å². The number of aromatic nitrogens is 1. The SMILES string of the molecule is CC(C)Cc1nc(-c2ccc3ccccc3c2)sc1CN. The molecule has 2 nitrogen and oxygen atoms in total. The summed E-state index contributed by atoms with van der Waals surface area (Å²) in [5.74, 6) is 0.599. The van der Waals surface area contributed by atoms with Crippen LogP contribution in [0.25, 0.3) is 21.3 Å². The van der Waals surface area contributed by atoms with Crippen LogP contribution in [0.2, 0.25) is 0 Å². The molecule has 0 fully saturated rings. The highest BCUT2D eigenvalue weighted by molar-refractivity contribution is 7.15. The Hall–Kier alpha value is -1.71. The second-order valence-electron chi connectivity index (χ2n) is 5.75. The molecular weight excluding hydrogens is 276 g/mol. The van der Waals surface area contributed by atoms with E-state index in [1.165, 1.54) is 26.9 Å². The third-order valence-electron chi connectivity index (χ3n) is 3.56. The van der Waals surface area contributed by atoms with Gasteiger partial charge in [-0.2, -0.15) is 0 Å². The van der Waals surface area contributed by atoms with Crippen molar-refractivity contribution in [3.63, 3.8) is 0 Å². The first-order valence-electron chi connectivity index (χ1n) is 7.35. The van der Waals surface area contributed by atoms with Gasteiger partial charge in [-0.1, -0.05) is 50.2 Å². The molecule has 0 atom stereocenters. The molecule has 0 amide bonds. The first-order chi connectivity index (χ1) is 10.2. The summed E-state index contributed by atoms with van der Waals surface area (Å²) in [6.07, 6.45) is 0.997. The number of fused-ring (bicyclic) bond motifs is 1. The van der Waals surface area contributed by atoms with Crippen molar-refractivity contribution in [2.75, 3.05) is 0 Å². The van der Waals surface area contributed by atoms with Crippen molar-refractivity contribution in [1.29, 1.82) is 0 Å². The Labute approximate surface area is 129 Å². The zero-order chi connectivity index (χ0) is 14.8. The van der Waals surface area contributed by atoms with E-state index in [4.69, 9.17) is 10.7 Å². The molecule has 2 aromatic carbocycles. The van der Waals surface area contributed by atoms with Crippen LogP contribution in [0.1, 0.15) is 24.4 Å². The topological polar surface area (TPSA) is 38.9 Å². The summed E-state index contributed by atoms with van der Waals surface area (Å²) in [6, 6.07) is 15.0. The minimum Gasteiger partial charge on any atom is -0.326 e. The predicted molar refractivity (Wildman–Crippen MR) is 91.5 cm³/mol. The lowest BCUT2D eigenvalue weighted by atomic mass is 10.1. The second-order valence-corrected chi connectivity index (χ2v) is 6.84. The standard InChI is InChI=1S/C18H20N2S/c1-12(2)9-16-17(11-19)21-18(20-16)15-8-7-13-5-3-4-6-14(13)10-15/h3-8,10,12H,9,11,19H2,1-2H3. The Morgan fingerprint density at radius 1 is 1.10 bits per heavy atom. The zero-order valence-corrected chi connectivity index (χ0v) is 13.3. The minimum atomic E-state index is 0.577. The Kier molecular flexibility index (Phi) is 4.04. The van der Waals surface area contributed by atoms with Gasteiger partial charge in [0.1, 0.15) is 5.01 Å². The molecule has 2 N–H and O–H groups in total. The molecule has 108 valence electrons. The first-order valence-corrected chi connectivity index (χ1v) is 8.17. The number of hydrogen-bond acceptors (Lipinski definition) is 3. The van der Waals surface area contributed by atoms with Crippen LogP contribution in [-0.4, -0.2) is 4.98 Å². The number of nitrogens with zero attached hydrogens (tertiary/aromatic N) is 1. The van der Waals surface area contributed by atoms with Crippen LogP contribution >= 0.6 is 11.3 Å². The third kappa shape index (κ3) is 2.99. The Bertz CT molecular complexity index is 759. The van der Waals surface area contributed by atoms with Crippen LogP contribution in [0, 0.1) is 5.92 Å². The Balaban J connectivity index is 2.03. The molecule has 21 heavy (non-hydrogen) atoms. The van der Waals surface area contributed by atoms with Gasteiger partial charge in [0.15, 0.2) is 0 Å². The summed E-state index contributed by atoms with van der Waals surface area (Å²) in [6.45, 7) is 5.01. The van der Waals surface area contributed by atoms with Crippen molar-refractivity contribution in [1.82, 2.24) is 4.98 Å². The van der Waals surface area contributed by atoms with Crippen LogP contribution in [-0.2, 0) is 13.0 Å². The monoisotopic (exact) mass is 296 g/mol. The molecule has 3 heteroatoms. The van der Waals surface area contributed by atoms with Gasteiger partial charge in [0, 0.05) is 17.0 Å². The molecule has 0 aliphatic carbocycles. The second kappa shape index (κ2) is 5.96. The van der Waals surface area contributed by atoms with Crippen molar-refractivity contribution < 1.29 is 0 Å². The summed E-state index contributed by atoms with van der Waals surface area (Å²) in [5, 5.41) is 3.60. The Morgan fingerprint density at radius 2 is 1.86 bits per heavy atom. The van der Waals surface area contributed by atoms with E-state index >= 15 is 0 Å². The van der Waals surface area contributed by atoms with Gasteiger partial charge >= 0.3 is 0 Å². The quantitative estimate of drug-likeness (QED) is 0.763. The highest BCUT2D eigenvalue weighted by Crippen LogP contribution is 2.31. The fourth-order valence-electron chi connectivity index (χ4n) is 2.53. The molecule has 0 radical (unpaired) electrons. The van der Waals surface area contributed by atoms with E-state index in [0.717, 1.165) is 11.4 Å². The molecule has 0 aliphatic heterocycles. The molecule has 0 saturated carbocycles. The molecule has 0 spiro atoms. The molecule has 3 aromatic rings. The van der Waals surface area contributed by atoms with E-state index < -0.39 is 0 Å². The summed E-state index contributed by atoms with van der Waals surface area (Å²) >= 11 is 1.73. The highest BCUT2D eigenvalue weighted by Gasteiger charge is 2.13. The summed E-state index contributed by atoms with van der Waals surface area (Å²) < 4.78 is 0. The van der Waals surface area contributed by atoms with Crippen LogP contribution in [0.5, 0.6) is 0 Å². The number of rotatable bonds is 4. The lowest BCUT2D eigenvalue weighted by Gasteiger charge is -2.02. The summed E-state index contributed by atoms with van der Waals surface area (Å²) in [4.78, 5) is 6.05. The number of nitrogens with two attached hydrogens (primary N) is 1. The molecule has 0 saturated heterocycles. The van der Waals surface area contributed by atoms with Gasteiger partial charge in [0.25, 0.3) is 0 Å². The molecule has 1 heterocycles. The Morgan fingerprint density at radius 3 is 2.57 bits per heavy atom. The van der Waals surface area contributed by atoms with Gasteiger partial charge in [0.05, 0.1) is 5.69 Å². The maximum Gasteiger partial charge on any atom is 0.123 e. The van der Waals surface area contributed by atoms with Crippen LogP contribution < -0.4 is 5.73 Å². The number of thiazole rings is 1. The zero-order valence-electron chi connectivity index (χ0n) is 12.5. The van der Waals surface area contributed by atoms with Gasteiger partial charge < -0.3 is 5.73 Å². The van der Waals surface area contributed by atoms with Crippen LogP contribution in [0.4, 0.5) is 0 Å². The fraction of sp³-hybridized carbons (Fsp3) is 0.278. The van der Waals surface area contributed by atoms with E-state index in [2.05, 4.69) is 56.3 Å². The van der Waals surface area contributed by atoms with Crippen LogP contribution in [0.15, 0.2) is 42.5 Å². The van der Waals surface area contributed by atoms with Gasteiger partial charge in [-0.3, -0.25) is 0 Å². The van der Waals surface area contributed by atoms with Gasteiger partial charge in [-0.15, -0.1) is 11.3 Å². The highest BCUT2D eigenvalue weighted by atomic mass is 32.1. The van der Waals surface area contributed by atoms with Crippen molar-refractivity contribution >= 4 is 22.1 Å². The molecule has 0 bridgehead atoms. The van der Waals surface area contributed by atoms with Gasteiger partial charge in [0.2, 0.25) is 0 Å². The maximum absolute atomic E-state index is 5.88. The van der Waals surface area contributed by atoms with Crippen LogP contribution in [0.3, 0.4) is 0 Å². The average molecular weight is 296 g/mol. The van der Waals surface area contributed by atoms with E-state index in [-0.39, 0.29) is 0 Å². The van der Waals surface area contributed by atoms with Crippen molar-refractivity contribution in [3.05, 3.63) is 53.0 Å². The maximum atomic E-state index is 5.88. The van der Waals surface area contributed by atoms with Gasteiger partial charge in [-0.25, -0.2) is 4.98 Å². The predicted octanol–water partition coefficient (Wildman–Crippen LogP) is 4.62. The van der Waals surface area contributed by atoms with E-state index in [9.17, 15) is 0 Å². The lowest BCUT2D eigenvalue weighted by Crippen LogP contribution is -2.01. The molecule has 1 aromatic heterocycles. The number of hydrogen-bond donors (Lipinski definition) is 1. The summed E-state index contributed by atoms with van der Waals surface area (Å²) in [7, 11) is 0. The molecule has 0 unspecified atom stereocenters. The van der Waals surface area contributed by atoms with Crippen molar-refractivity contribution in [2.45, 2.75) is 26.8 Å². The molecular formula is C18H20N2S. The average Bonchev–Trinajstić information content (AvgIpc) is 2.89. The largest absolute Gasteiger partial charge is 0.326 e. The summed E-state index contributed by atoms with van der Waals surface area (Å²) in [5.41, 5.74) is 8.23. The number of benzene rings is 2. The fourth-order valence-corrected chi connectivity index (χ4v) is 3.50. The van der Waals surface area contributed by atoms with Crippen molar-refractivity contribution in [2.24, 2.45) is 11.7 Å². The first kappa shape index (κ1) is 14.2. The lowest BCUT2D eigenvalue weighted by molar-refractivity contribution is 0.634. The molecule has 0 aliphatic rings. The van der Waals surface area contributed by atoms with E-state index in [0.29, 0.717) is 12.5 Å². The normalized spacial score (nSPS) is 11.4. The smallest absolute Gasteiger partial charge is 0.123 e. The van der Waals surface area contributed by atoms with Gasteiger partial charge in [-0.05, 0) is 29.2 Å². The molecule has 3 rings (SSSR count).